The van der Waals surface area contributed by atoms with Gasteiger partial charge < -0.3 is 10.2 Å². The van der Waals surface area contributed by atoms with E-state index in [4.69, 9.17) is 0 Å². The number of amides is 1. The van der Waals surface area contributed by atoms with Crippen molar-refractivity contribution in [2.75, 3.05) is 13.1 Å². The first-order valence-corrected chi connectivity index (χ1v) is 7.63. The minimum atomic E-state index is 0.163. The summed E-state index contributed by atoms with van der Waals surface area (Å²) in [5.74, 6) is 0.163. The molecule has 1 aromatic rings. The quantitative estimate of drug-likeness (QED) is 0.849. The Balaban J connectivity index is 1.91. The molecular weight excluding hydrogens is 254 g/mol. The lowest BCUT2D eigenvalue weighted by molar-refractivity contribution is -0.135. The number of likely N-dealkylation sites (tertiary alicyclic amines) is 1. The van der Waals surface area contributed by atoms with Crippen molar-refractivity contribution in [1.29, 1.82) is 0 Å². The van der Waals surface area contributed by atoms with Crippen LogP contribution in [-0.4, -0.2) is 44.9 Å². The van der Waals surface area contributed by atoms with E-state index in [-0.39, 0.29) is 5.91 Å². The Morgan fingerprint density at radius 1 is 1.45 bits per heavy atom. The third kappa shape index (κ3) is 3.79. The first-order chi connectivity index (χ1) is 9.74. The van der Waals surface area contributed by atoms with Gasteiger partial charge in [0, 0.05) is 19.1 Å². The summed E-state index contributed by atoms with van der Waals surface area (Å²) in [6.07, 6.45) is 6.37. The van der Waals surface area contributed by atoms with Gasteiger partial charge in [-0.2, -0.15) is 0 Å². The van der Waals surface area contributed by atoms with Crippen molar-refractivity contribution in [3.05, 3.63) is 11.9 Å². The van der Waals surface area contributed by atoms with Gasteiger partial charge in [-0.25, -0.2) is 4.68 Å². The van der Waals surface area contributed by atoms with Gasteiger partial charge in [0.25, 0.3) is 0 Å². The Kier molecular flexibility index (Phi) is 5.52. The fourth-order valence-electron chi connectivity index (χ4n) is 2.73. The Hall–Kier alpha value is -1.43. The zero-order valence-electron chi connectivity index (χ0n) is 12.5. The second kappa shape index (κ2) is 7.38. The molecule has 2 heterocycles. The molecule has 1 aliphatic rings. The number of carbonyl (C=O) groups is 1. The van der Waals surface area contributed by atoms with Crippen LogP contribution in [0.15, 0.2) is 6.20 Å². The fourth-order valence-corrected chi connectivity index (χ4v) is 2.73. The molecule has 1 unspecified atom stereocenters. The van der Waals surface area contributed by atoms with E-state index in [1.807, 2.05) is 11.1 Å². The Morgan fingerprint density at radius 2 is 2.30 bits per heavy atom. The Bertz CT molecular complexity index is 431. The van der Waals surface area contributed by atoms with Crippen LogP contribution in [0, 0.1) is 0 Å². The Morgan fingerprint density at radius 3 is 3.05 bits per heavy atom. The number of carbonyl (C=O) groups excluding carboxylic acids is 1. The van der Waals surface area contributed by atoms with Crippen LogP contribution in [0.25, 0.3) is 0 Å². The molecule has 6 heteroatoms. The summed E-state index contributed by atoms with van der Waals surface area (Å²) in [5, 5.41) is 11.3. The van der Waals surface area contributed by atoms with E-state index in [9.17, 15) is 4.79 Å². The molecule has 0 bridgehead atoms. The summed E-state index contributed by atoms with van der Waals surface area (Å²) in [6.45, 7) is 6.99. The average molecular weight is 279 g/mol. The zero-order chi connectivity index (χ0) is 14.4. The molecule has 0 radical (unpaired) electrons. The fraction of sp³-hybridized carbons (Fsp3) is 0.786. The molecule has 1 aromatic heterocycles. The first kappa shape index (κ1) is 15.0. The van der Waals surface area contributed by atoms with Gasteiger partial charge in [0.1, 0.15) is 6.54 Å². The van der Waals surface area contributed by atoms with Crippen LogP contribution in [0.5, 0.6) is 0 Å². The monoisotopic (exact) mass is 279 g/mol. The maximum atomic E-state index is 12.4. The predicted octanol–water partition coefficient (Wildman–Crippen LogP) is 1.18. The Labute approximate surface area is 120 Å². The van der Waals surface area contributed by atoms with Crippen molar-refractivity contribution in [3.8, 4) is 0 Å². The number of nitrogens with zero attached hydrogens (tertiary/aromatic N) is 4. The minimum Gasteiger partial charge on any atom is -0.338 e. The number of nitrogens with one attached hydrogen (secondary N) is 1. The predicted molar refractivity (Wildman–Crippen MR) is 77.0 cm³/mol. The molecule has 1 amide bonds. The van der Waals surface area contributed by atoms with Crippen LogP contribution < -0.4 is 5.32 Å². The molecule has 112 valence electrons. The van der Waals surface area contributed by atoms with Gasteiger partial charge in [0.15, 0.2) is 0 Å². The molecule has 1 saturated heterocycles. The van der Waals surface area contributed by atoms with E-state index >= 15 is 0 Å². The third-order valence-electron chi connectivity index (χ3n) is 3.86. The van der Waals surface area contributed by atoms with E-state index in [0.29, 0.717) is 19.1 Å². The lowest BCUT2D eigenvalue weighted by atomic mass is 10.00. The molecule has 20 heavy (non-hydrogen) atoms. The van der Waals surface area contributed by atoms with Crippen molar-refractivity contribution in [2.45, 2.75) is 58.7 Å². The summed E-state index contributed by atoms with van der Waals surface area (Å²) in [5.41, 5.74) is 0.880. The number of rotatable bonds is 6. The normalized spacial score (nSPS) is 19.3. The van der Waals surface area contributed by atoms with Crippen LogP contribution in [0.1, 0.15) is 45.2 Å². The lowest BCUT2D eigenvalue weighted by Crippen LogP contribution is -2.44. The van der Waals surface area contributed by atoms with Crippen LogP contribution in [-0.2, 0) is 17.9 Å². The van der Waals surface area contributed by atoms with Crippen molar-refractivity contribution >= 4 is 5.91 Å². The van der Waals surface area contributed by atoms with E-state index in [2.05, 4.69) is 29.5 Å². The minimum absolute atomic E-state index is 0.163. The maximum absolute atomic E-state index is 12.4. The van der Waals surface area contributed by atoms with Crippen LogP contribution >= 0.6 is 0 Å². The second-order valence-electron chi connectivity index (χ2n) is 5.33. The van der Waals surface area contributed by atoms with Crippen LogP contribution in [0.2, 0.25) is 0 Å². The average Bonchev–Trinajstić information content (AvgIpc) is 2.92. The SMILES string of the molecule is CCNCc1cn(CC(=O)N2CCCCC2CC)nn1. The van der Waals surface area contributed by atoms with Gasteiger partial charge in [-0.15, -0.1) is 5.10 Å². The highest BCUT2D eigenvalue weighted by molar-refractivity contribution is 5.76. The van der Waals surface area contributed by atoms with Crippen molar-refractivity contribution in [1.82, 2.24) is 25.2 Å². The lowest BCUT2D eigenvalue weighted by Gasteiger charge is -2.35. The number of aromatic nitrogens is 3. The van der Waals surface area contributed by atoms with E-state index in [1.165, 1.54) is 6.42 Å². The van der Waals surface area contributed by atoms with Gasteiger partial charge in [-0.1, -0.05) is 19.1 Å². The smallest absolute Gasteiger partial charge is 0.244 e. The number of hydrogen-bond donors (Lipinski definition) is 1. The van der Waals surface area contributed by atoms with E-state index in [0.717, 1.165) is 38.0 Å². The van der Waals surface area contributed by atoms with Gasteiger partial charge in [0.05, 0.1) is 11.9 Å². The summed E-state index contributed by atoms with van der Waals surface area (Å²) < 4.78 is 1.65. The molecule has 0 aromatic carbocycles. The van der Waals surface area contributed by atoms with Crippen LogP contribution in [0.4, 0.5) is 0 Å². The molecule has 0 spiro atoms. The molecule has 1 fully saturated rings. The molecule has 6 nitrogen and oxygen atoms in total. The maximum Gasteiger partial charge on any atom is 0.244 e. The van der Waals surface area contributed by atoms with Gasteiger partial charge in [-0.3, -0.25) is 4.79 Å². The van der Waals surface area contributed by atoms with Crippen molar-refractivity contribution < 1.29 is 4.79 Å². The molecular formula is C14H25N5O. The van der Waals surface area contributed by atoms with Crippen molar-refractivity contribution in [3.63, 3.8) is 0 Å². The third-order valence-corrected chi connectivity index (χ3v) is 3.86. The summed E-state index contributed by atoms with van der Waals surface area (Å²) >= 11 is 0. The summed E-state index contributed by atoms with van der Waals surface area (Å²) in [6, 6.07) is 0.404. The molecule has 0 saturated carbocycles. The highest BCUT2D eigenvalue weighted by atomic mass is 16.2. The summed E-state index contributed by atoms with van der Waals surface area (Å²) in [7, 11) is 0. The topological polar surface area (TPSA) is 63.1 Å². The number of hydrogen-bond acceptors (Lipinski definition) is 4. The van der Waals surface area contributed by atoms with E-state index in [1.54, 1.807) is 4.68 Å². The highest BCUT2D eigenvalue weighted by Gasteiger charge is 2.25. The molecule has 1 N–H and O–H groups in total. The van der Waals surface area contributed by atoms with Crippen LogP contribution in [0.3, 0.4) is 0 Å². The molecule has 1 atom stereocenters. The number of piperidine rings is 1. The van der Waals surface area contributed by atoms with Gasteiger partial charge in [0.2, 0.25) is 5.91 Å². The summed E-state index contributed by atoms with van der Waals surface area (Å²) in [4.78, 5) is 14.4. The van der Waals surface area contributed by atoms with Gasteiger partial charge in [-0.05, 0) is 32.2 Å². The van der Waals surface area contributed by atoms with E-state index < -0.39 is 0 Å². The van der Waals surface area contributed by atoms with Crippen molar-refractivity contribution in [2.24, 2.45) is 0 Å². The highest BCUT2D eigenvalue weighted by Crippen LogP contribution is 2.19. The molecule has 1 aliphatic heterocycles. The van der Waals surface area contributed by atoms with Gasteiger partial charge >= 0.3 is 0 Å². The molecule has 0 aliphatic carbocycles. The zero-order valence-corrected chi connectivity index (χ0v) is 12.5. The largest absolute Gasteiger partial charge is 0.338 e. The standard InChI is InChI=1S/C14H25N5O/c1-3-13-7-5-6-8-19(13)14(20)11-18-10-12(16-17-18)9-15-4-2/h10,13,15H,3-9,11H2,1-2H3. The second-order valence-corrected chi connectivity index (χ2v) is 5.33. The molecule has 2 rings (SSSR count). The first-order valence-electron chi connectivity index (χ1n) is 7.63.